The molecule has 0 saturated carbocycles. The molecule has 0 N–H and O–H groups in total. The number of para-hydroxylation sites is 2. The van der Waals surface area contributed by atoms with Gasteiger partial charge < -0.3 is 4.57 Å². The topological polar surface area (TPSA) is 30.7 Å². The maximum Gasteiger partial charge on any atom is 0.160 e. The molecule has 10 rings (SSSR count). The predicted octanol–water partition coefficient (Wildman–Crippen LogP) is 12.6. The van der Waals surface area contributed by atoms with Gasteiger partial charge in [-0.3, -0.25) is 0 Å². The molecule has 50 heavy (non-hydrogen) atoms. The van der Waals surface area contributed by atoms with Crippen molar-refractivity contribution < 1.29 is 0 Å². The van der Waals surface area contributed by atoms with Gasteiger partial charge in [0.15, 0.2) is 5.82 Å². The average Bonchev–Trinajstić information content (AvgIpc) is 3.74. The van der Waals surface area contributed by atoms with Crippen LogP contribution in [-0.2, 0) is 0 Å². The van der Waals surface area contributed by atoms with E-state index in [1.807, 2.05) is 11.3 Å². The van der Waals surface area contributed by atoms with Gasteiger partial charge in [0, 0.05) is 53.3 Å². The van der Waals surface area contributed by atoms with Crippen molar-refractivity contribution in [1.82, 2.24) is 14.5 Å². The Labute approximate surface area is 293 Å². The number of nitrogens with zero attached hydrogens (tertiary/aromatic N) is 3. The van der Waals surface area contributed by atoms with Gasteiger partial charge >= 0.3 is 0 Å². The zero-order chi connectivity index (χ0) is 33.0. The highest BCUT2D eigenvalue weighted by atomic mass is 32.1. The van der Waals surface area contributed by atoms with Crippen molar-refractivity contribution in [2.75, 3.05) is 0 Å². The molecule has 0 aliphatic carbocycles. The van der Waals surface area contributed by atoms with E-state index in [1.54, 1.807) is 0 Å². The summed E-state index contributed by atoms with van der Waals surface area (Å²) in [6, 6.07) is 62.4. The number of hydrogen-bond acceptors (Lipinski definition) is 3. The van der Waals surface area contributed by atoms with Crippen LogP contribution in [0, 0.1) is 0 Å². The lowest BCUT2D eigenvalue weighted by atomic mass is 10.00. The monoisotopic (exact) mass is 655 g/mol. The van der Waals surface area contributed by atoms with E-state index in [2.05, 4.69) is 180 Å². The normalized spacial score (nSPS) is 11.6. The summed E-state index contributed by atoms with van der Waals surface area (Å²) < 4.78 is 4.86. The van der Waals surface area contributed by atoms with E-state index < -0.39 is 0 Å². The molecule has 3 aromatic heterocycles. The Kier molecular flexibility index (Phi) is 6.68. The molecular weight excluding hydrogens is 627 g/mol. The molecule has 0 atom stereocenters. The minimum Gasteiger partial charge on any atom is -0.309 e. The van der Waals surface area contributed by atoms with Gasteiger partial charge in [0.05, 0.1) is 22.4 Å². The summed E-state index contributed by atoms with van der Waals surface area (Å²) in [5.74, 6) is 0.698. The predicted molar refractivity (Wildman–Crippen MR) is 211 cm³/mol. The molecule has 0 saturated heterocycles. The first-order chi connectivity index (χ1) is 24.8. The van der Waals surface area contributed by atoms with Gasteiger partial charge in [-0.2, -0.15) is 0 Å². The summed E-state index contributed by atoms with van der Waals surface area (Å²) in [4.78, 5) is 10.6. The molecule has 7 aromatic carbocycles. The van der Waals surface area contributed by atoms with Crippen LogP contribution in [0.2, 0.25) is 0 Å². The van der Waals surface area contributed by atoms with Crippen molar-refractivity contribution in [3.05, 3.63) is 176 Å². The van der Waals surface area contributed by atoms with Crippen LogP contribution < -0.4 is 0 Å². The van der Waals surface area contributed by atoms with Crippen molar-refractivity contribution in [2.24, 2.45) is 0 Å². The van der Waals surface area contributed by atoms with E-state index in [4.69, 9.17) is 9.97 Å². The summed E-state index contributed by atoms with van der Waals surface area (Å²) in [5, 5.41) is 5.01. The van der Waals surface area contributed by atoms with Crippen molar-refractivity contribution >= 4 is 53.3 Å². The maximum absolute atomic E-state index is 5.33. The second-order valence-electron chi connectivity index (χ2n) is 12.6. The molecule has 0 bridgehead atoms. The van der Waals surface area contributed by atoms with Gasteiger partial charge in [0.1, 0.15) is 0 Å². The molecule has 3 nitrogen and oxygen atoms in total. The highest BCUT2D eigenvalue weighted by Crippen LogP contribution is 2.41. The van der Waals surface area contributed by atoms with Gasteiger partial charge in [0.2, 0.25) is 0 Å². The van der Waals surface area contributed by atoms with E-state index in [0.717, 1.165) is 39.3 Å². The van der Waals surface area contributed by atoms with Crippen LogP contribution in [0.5, 0.6) is 0 Å². The molecule has 0 aliphatic heterocycles. The fraction of sp³-hybridized carbons (Fsp3) is 0. The van der Waals surface area contributed by atoms with Gasteiger partial charge in [-0.05, 0) is 53.6 Å². The summed E-state index contributed by atoms with van der Waals surface area (Å²) in [7, 11) is 0. The zero-order valence-corrected chi connectivity index (χ0v) is 27.8. The number of fused-ring (bicyclic) bond motifs is 6. The first kappa shape index (κ1) is 28.6. The van der Waals surface area contributed by atoms with E-state index in [-0.39, 0.29) is 0 Å². The van der Waals surface area contributed by atoms with E-state index in [9.17, 15) is 0 Å². The summed E-state index contributed by atoms with van der Waals surface area (Å²) >= 11 is 1.83. The Hall–Kier alpha value is -6.36. The molecule has 3 heterocycles. The smallest absolute Gasteiger partial charge is 0.160 e. The number of thiophene rings is 1. The van der Waals surface area contributed by atoms with Gasteiger partial charge in [0.25, 0.3) is 0 Å². The highest BCUT2D eigenvalue weighted by Gasteiger charge is 2.17. The van der Waals surface area contributed by atoms with Crippen LogP contribution in [0.3, 0.4) is 0 Å². The third-order valence-electron chi connectivity index (χ3n) is 9.61. The lowest BCUT2D eigenvalue weighted by Gasteiger charge is -2.13. The first-order valence-electron chi connectivity index (χ1n) is 16.8. The molecule has 0 fully saturated rings. The van der Waals surface area contributed by atoms with Crippen molar-refractivity contribution in [3.8, 4) is 50.7 Å². The fourth-order valence-electron chi connectivity index (χ4n) is 7.28. The second kappa shape index (κ2) is 11.7. The largest absolute Gasteiger partial charge is 0.309 e. The van der Waals surface area contributed by atoms with Gasteiger partial charge in [-0.1, -0.05) is 133 Å². The van der Waals surface area contributed by atoms with E-state index in [1.165, 1.54) is 47.5 Å². The maximum atomic E-state index is 5.33. The molecule has 0 aliphatic rings. The van der Waals surface area contributed by atoms with Crippen LogP contribution in [-0.4, -0.2) is 14.5 Å². The minimum atomic E-state index is 0.698. The third kappa shape index (κ3) is 4.73. The molecule has 234 valence electrons. The standard InChI is InChI=1S/C46H29N3S/c1-2-13-30(14-3-1)31-15-10-16-32(27-31)40-29-41(39-23-12-22-38-37-21-6-9-26-44(37)50-45(38)39)48-46(47-40)33-17-11-18-34(28-33)49-42-24-7-4-19-35(42)36-20-5-8-25-43(36)49/h1-29H. The third-order valence-corrected chi connectivity index (χ3v) is 10.8. The Morgan fingerprint density at radius 3 is 1.82 bits per heavy atom. The van der Waals surface area contributed by atoms with Gasteiger partial charge in [-0.25, -0.2) is 9.97 Å². The summed E-state index contributed by atoms with van der Waals surface area (Å²) in [6.07, 6.45) is 0. The zero-order valence-electron chi connectivity index (χ0n) is 27.0. The minimum absolute atomic E-state index is 0.698. The Bertz CT molecular complexity index is 2830. The molecule has 4 heteroatoms. The van der Waals surface area contributed by atoms with Crippen LogP contribution in [0.15, 0.2) is 176 Å². The summed E-state index contributed by atoms with van der Waals surface area (Å²) in [6.45, 7) is 0. The fourth-order valence-corrected chi connectivity index (χ4v) is 8.51. The average molecular weight is 656 g/mol. The van der Waals surface area contributed by atoms with Crippen molar-refractivity contribution in [1.29, 1.82) is 0 Å². The lowest BCUT2D eigenvalue weighted by molar-refractivity contribution is 1.16. The second-order valence-corrected chi connectivity index (χ2v) is 13.7. The Balaban J connectivity index is 1.19. The van der Waals surface area contributed by atoms with Crippen LogP contribution in [0.1, 0.15) is 0 Å². The van der Waals surface area contributed by atoms with Crippen molar-refractivity contribution in [2.45, 2.75) is 0 Å². The number of benzene rings is 7. The molecular formula is C46H29N3S. The molecule has 0 radical (unpaired) electrons. The van der Waals surface area contributed by atoms with E-state index in [0.29, 0.717) is 5.82 Å². The number of hydrogen-bond donors (Lipinski definition) is 0. The SMILES string of the molecule is c1ccc(-c2cccc(-c3cc(-c4cccc5c4sc4ccccc45)nc(-c4cccc(-n5c6ccccc6c6ccccc65)c4)n3)c2)cc1. The Morgan fingerprint density at radius 1 is 0.400 bits per heavy atom. The molecule has 0 spiro atoms. The molecule has 0 unspecified atom stereocenters. The number of aromatic nitrogens is 3. The Morgan fingerprint density at radius 2 is 1.00 bits per heavy atom. The van der Waals surface area contributed by atoms with Crippen LogP contribution in [0.4, 0.5) is 0 Å². The van der Waals surface area contributed by atoms with Crippen LogP contribution >= 0.6 is 11.3 Å². The highest BCUT2D eigenvalue weighted by molar-refractivity contribution is 7.26. The summed E-state index contributed by atoms with van der Waals surface area (Å²) in [5.41, 5.74) is 10.7. The number of rotatable bonds is 5. The van der Waals surface area contributed by atoms with Gasteiger partial charge in [-0.15, -0.1) is 11.3 Å². The quantitative estimate of drug-likeness (QED) is 0.185. The lowest BCUT2D eigenvalue weighted by Crippen LogP contribution is -1.98. The van der Waals surface area contributed by atoms with Crippen LogP contribution in [0.25, 0.3) is 92.7 Å². The molecule has 10 aromatic rings. The first-order valence-corrected chi connectivity index (χ1v) is 17.6. The van der Waals surface area contributed by atoms with Crippen molar-refractivity contribution in [3.63, 3.8) is 0 Å². The molecule has 0 amide bonds. The van der Waals surface area contributed by atoms with E-state index >= 15 is 0 Å².